The Labute approximate surface area is 173 Å². The molecule has 0 aromatic rings. The Hall–Kier alpha value is -1.36. The predicted octanol–water partition coefficient (Wildman–Crippen LogP) is 3.35. The van der Waals surface area contributed by atoms with Crippen molar-refractivity contribution in [3.63, 3.8) is 0 Å². The molecule has 29 heavy (non-hydrogen) atoms. The van der Waals surface area contributed by atoms with E-state index in [1.54, 1.807) is 6.92 Å². The minimum Gasteiger partial charge on any atom is -0.459 e. The lowest BCUT2D eigenvalue weighted by molar-refractivity contribution is -0.163. The number of rotatable bonds is 5. The number of ether oxygens (including phenoxy) is 2. The summed E-state index contributed by atoms with van der Waals surface area (Å²) in [6.45, 7) is 9.33. The summed E-state index contributed by atoms with van der Waals surface area (Å²) in [4.78, 5) is 24.5. The van der Waals surface area contributed by atoms with Gasteiger partial charge in [-0.1, -0.05) is 20.4 Å². The van der Waals surface area contributed by atoms with Crippen LogP contribution in [-0.2, 0) is 19.1 Å². The summed E-state index contributed by atoms with van der Waals surface area (Å²) >= 11 is 0. The topological polar surface area (TPSA) is 72.8 Å². The van der Waals surface area contributed by atoms with Crippen LogP contribution in [0.5, 0.6) is 0 Å². The molecule has 0 spiro atoms. The van der Waals surface area contributed by atoms with Crippen LogP contribution in [0.25, 0.3) is 0 Å². The summed E-state index contributed by atoms with van der Waals surface area (Å²) in [5.74, 6) is 3.70. The average Bonchev–Trinajstić information content (AvgIpc) is 3.45. The fraction of sp³-hybridized carbons (Fsp3) is 0.833. The number of hydrogen-bond acceptors (Lipinski definition) is 5. The molecule has 5 saturated carbocycles. The van der Waals surface area contributed by atoms with Gasteiger partial charge in [0, 0.05) is 11.5 Å². The van der Waals surface area contributed by atoms with Crippen LogP contribution in [-0.4, -0.2) is 35.4 Å². The Bertz CT molecular complexity index is 731. The van der Waals surface area contributed by atoms with Gasteiger partial charge in [0.1, 0.15) is 12.2 Å². The zero-order valence-corrected chi connectivity index (χ0v) is 17.8. The van der Waals surface area contributed by atoms with Crippen LogP contribution in [0.15, 0.2) is 12.2 Å². The van der Waals surface area contributed by atoms with Crippen LogP contribution in [0, 0.1) is 53.3 Å². The molecular weight excluding hydrogens is 368 g/mol. The minimum atomic E-state index is -0.531. The molecule has 5 nitrogen and oxygen atoms in total. The van der Waals surface area contributed by atoms with Gasteiger partial charge in [-0.15, -0.1) is 0 Å². The molecule has 160 valence electrons. The number of fused-ring (bicyclic) bond motifs is 12. The largest absolute Gasteiger partial charge is 0.459 e. The molecule has 5 fully saturated rings. The predicted molar refractivity (Wildman–Crippen MR) is 106 cm³/mol. The van der Waals surface area contributed by atoms with Crippen LogP contribution in [0.1, 0.15) is 52.9 Å². The third-order valence-corrected chi connectivity index (χ3v) is 9.29. The van der Waals surface area contributed by atoms with Crippen molar-refractivity contribution in [2.24, 2.45) is 53.3 Å². The zero-order chi connectivity index (χ0) is 20.6. The molecule has 4 bridgehead atoms. The summed E-state index contributed by atoms with van der Waals surface area (Å²) in [7, 11) is 0. The van der Waals surface area contributed by atoms with Gasteiger partial charge in [-0.25, -0.2) is 4.79 Å². The van der Waals surface area contributed by atoms with Crippen molar-refractivity contribution >= 4 is 11.9 Å². The second-order valence-corrected chi connectivity index (χ2v) is 10.6. The average molecular weight is 403 g/mol. The van der Waals surface area contributed by atoms with E-state index in [2.05, 4.69) is 6.58 Å². The highest BCUT2D eigenvalue weighted by atomic mass is 16.6. The third kappa shape index (κ3) is 2.75. The summed E-state index contributed by atoms with van der Waals surface area (Å²) < 4.78 is 11.7. The first-order valence-corrected chi connectivity index (χ1v) is 11.6. The number of hydrogen-bond donors (Lipinski definition) is 1. The monoisotopic (exact) mass is 402 g/mol. The molecule has 5 aliphatic carbocycles. The maximum Gasteiger partial charge on any atom is 0.333 e. The molecule has 0 heterocycles. The summed E-state index contributed by atoms with van der Waals surface area (Å²) in [5.41, 5.74) is 0.474. The Morgan fingerprint density at radius 2 is 1.72 bits per heavy atom. The van der Waals surface area contributed by atoms with Crippen LogP contribution in [0.2, 0.25) is 0 Å². The van der Waals surface area contributed by atoms with Gasteiger partial charge in [-0.2, -0.15) is 0 Å². The minimum absolute atomic E-state index is 0.0357. The van der Waals surface area contributed by atoms with E-state index in [1.165, 1.54) is 6.42 Å². The zero-order valence-electron chi connectivity index (χ0n) is 17.8. The third-order valence-electron chi connectivity index (χ3n) is 9.29. The quantitative estimate of drug-likeness (QED) is 0.434. The van der Waals surface area contributed by atoms with Crippen molar-refractivity contribution in [2.75, 3.05) is 0 Å². The van der Waals surface area contributed by atoms with Gasteiger partial charge >= 0.3 is 11.9 Å². The first-order valence-electron chi connectivity index (χ1n) is 11.6. The van der Waals surface area contributed by atoms with E-state index in [9.17, 15) is 14.7 Å². The number of aliphatic hydroxyl groups excluding tert-OH is 1. The van der Waals surface area contributed by atoms with E-state index >= 15 is 0 Å². The Morgan fingerprint density at radius 3 is 2.41 bits per heavy atom. The molecule has 5 aliphatic rings. The molecule has 12 unspecified atom stereocenters. The fourth-order valence-electron chi connectivity index (χ4n) is 8.17. The van der Waals surface area contributed by atoms with Gasteiger partial charge in [-0.05, 0) is 80.5 Å². The maximum atomic E-state index is 12.4. The summed E-state index contributed by atoms with van der Waals surface area (Å²) in [6, 6.07) is 0. The molecule has 0 aromatic heterocycles. The standard InChI is InChI=1S/C24H34O5/c1-5-11(4)24(27)29-22-17(25)9-14-13-8-16(21(14)22)19-12-6-15(20(13)19)18(7-12)28-23(26)10(2)3/h11-22,25H,2,5-9H2,1,3-4H3. The van der Waals surface area contributed by atoms with E-state index in [0.29, 0.717) is 52.9 Å². The fourth-order valence-corrected chi connectivity index (χ4v) is 8.17. The molecule has 0 amide bonds. The molecule has 0 saturated heterocycles. The lowest BCUT2D eigenvalue weighted by Gasteiger charge is -2.43. The molecule has 5 heteroatoms. The lowest BCUT2D eigenvalue weighted by atomic mass is 9.63. The van der Waals surface area contributed by atoms with Gasteiger partial charge in [0.25, 0.3) is 0 Å². The molecule has 0 radical (unpaired) electrons. The molecule has 1 N–H and O–H groups in total. The van der Waals surface area contributed by atoms with Crippen molar-refractivity contribution in [3.05, 3.63) is 12.2 Å². The highest BCUT2D eigenvalue weighted by Crippen LogP contribution is 2.73. The summed E-state index contributed by atoms with van der Waals surface area (Å²) in [5, 5.41) is 10.7. The smallest absolute Gasteiger partial charge is 0.333 e. The maximum absolute atomic E-state index is 12.4. The SMILES string of the molecule is C=C(C)C(=O)OC1CC2CC1C1C3CC(C4C3CC(O)C4OC(=O)C(C)CC)C21. The van der Waals surface area contributed by atoms with Crippen LogP contribution >= 0.6 is 0 Å². The first-order chi connectivity index (χ1) is 13.8. The van der Waals surface area contributed by atoms with E-state index in [0.717, 1.165) is 25.7 Å². The van der Waals surface area contributed by atoms with Crippen LogP contribution in [0.3, 0.4) is 0 Å². The lowest BCUT2D eigenvalue weighted by Crippen LogP contribution is -2.44. The van der Waals surface area contributed by atoms with Crippen LogP contribution in [0.4, 0.5) is 0 Å². The van der Waals surface area contributed by atoms with Gasteiger partial charge in [0.2, 0.25) is 0 Å². The Morgan fingerprint density at radius 1 is 1.00 bits per heavy atom. The number of esters is 2. The van der Waals surface area contributed by atoms with Crippen molar-refractivity contribution in [3.8, 4) is 0 Å². The first kappa shape index (κ1) is 19.6. The molecule has 12 atom stereocenters. The number of carbonyl (C=O) groups excluding carboxylic acids is 2. The van der Waals surface area contributed by atoms with Gasteiger partial charge < -0.3 is 14.6 Å². The Balaban J connectivity index is 1.33. The van der Waals surface area contributed by atoms with E-state index in [4.69, 9.17) is 9.47 Å². The highest BCUT2D eigenvalue weighted by molar-refractivity contribution is 5.87. The van der Waals surface area contributed by atoms with Crippen molar-refractivity contribution in [1.29, 1.82) is 0 Å². The Kier molecular flexibility index (Phi) is 4.61. The second-order valence-electron chi connectivity index (χ2n) is 10.6. The van der Waals surface area contributed by atoms with E-state index in [-0.39, 0.29) is 30.1 Å². The molecular formula is C24H34O5. The molecule has 0 aromatic carbocycles. The summed E-state index contributed by atoms with van der Waals surface area (Å²) in [6.07, 6.45) is 4.02. The number of aliphatic hydroxyl groups is 1. The second kappa shape index (κ2) is 6.83. The highest BCUT2D eigenvalue weighted by Gasteiger charge is 2.71. The van der Waals surface area contributed by atoms with E-state index < -0.39 is 6.10 Å². The van der Waals surface area contributed by atoms with Gasteiger partial charge in [0.15, 0.2) is 0 Å². The molecule has 5 rings (SSSR count). The normalized spacial score (nSPS) is 49.6. The van der Waals surface area contributed by atoms with Crippen molar-refractivity contribution in [1.82, 2.24) is 0 Å². The van der Waals surface area contributed by atoms with Gasteiger partial charge in [0.05, 0.1) is 12.0 Å². The van der Waals surface area contributed by atoms with Crippen molar-refractivity contribution < 1.29 is 24.2 Å². The van der Waals surface area contributed by atoms with E-state index in [1.807, 2.05) is 13.8 Å². The molecule has 0 aliphatic heterocycles. The number of carbonyl (C=O) groups is 2. The van der Waals surface area contributed by atoms with Crippen molar-refractivity contribution in [2.45, 2.75) is 71.2 Å². The van der Waals surface area contributed by atoms with Gasteiger partial charge in [-0.3, -0.25) is 4.79 Å². The van der Waals surface area contributed by atoms with Crippen LogP contribution < -0.4 is 0 Å².